The lowest BCUT2D eigenvalue weighted by Gasteiger charge is -2.15. The summed E-state index contributed by atoms with van der Waals surface area (Å²) in [6.07, 6.45) is 1.96. The van der Waals surface area contributed by atoms with Crippen LogP contribution in [0.2, 0.25) is 0 Å². The van der Waals surface area contributed by atoms with Gasteiger partial charge in [0.05, 0.1) is 5.69 Å². The molecule has 0 aliphatic heterocycles. The lowest BCUT2D eigenvalue weighted by Crippen LogP contribution is -2.11. The second kappa shape index (κ2) is 5.01. The van der Waals surface area contributed by atoms with Crippen LogP contribution in [0.3, 0.4) is 0 Å². The molecule has 0 amide bonds. The van der Waals surface area contributed by atoms with Crippen molar-refractivity contribution in [1.29, 1.82) is 0 Å². The van der Waals surface area contributed by atoms with Crippen molar-refractivity contribution < 1.29 is 5.11 Å². The van der Waals surface area contributed by atoms with E-state index in [-0.39, 0.29) is 0 Å². The fraction of sp³-hybridized carbons (Fsp3) is 0.308. The van der Waals surface area contributed by atoms with Crippen molar-refractivity contribution in [2.24, 2.45) is 0 Å². The zero-order valence-corrected chi connectivity index (χ0v) is 9.87. The molecule has 4 nitrogen and oxygen atoms in total. The summed E-state index contributed by atoms with van der Waals surface area (Å²) in [6, 6.07) is 9.18. The number of nitrogens with two attached hydrogens (primary N) is 1. The van der Waals surface area contributed by atoms with Gasteiger partial charge in [0.1, 0.15) is 6.10 Å². The smallest absolute Gasteiger partial charge is 0.123 e. The van der Waals surface area contributed by atoms with Crippen molar-refractivity contribution in [1.82, 2.24) is 9.78 Å². The Hall–Kier alpha value is -1.81. The Morgan fingerprint density at radius 3 is 2.82 bits per heavy atom. The molecule has 17 heavy (non-hydrogen) atoms. The SMILES string of the molecule is CCCn1nccc1C(O)c1ccccc1N. The van der Waals surface area contributed by atoms with E-state index >= 15 is 0 Å². The molecule has 4 heteroatoms. The van der Waals surface area contributed by atoms with Crippen molar-refractivity contribution in [3.05, 3.63) is 47.8 Å². The number of nitrogen functional groups attached to an aromatic ring is 1. The average molecular weight is 231 g/mol. The molecule has 0 aliphatic carbocycles. The van der Waals surface area contributed by atoms with Crippen LogP contribution >= 0.6 is 0 Å². The van der Waals surface area contributed by atoms with Gasteiger partial charge < -0.3 is 10.8 Å². The van der Waals surface area contributed by atoms with E-state index in [9.17, 15) is 5.11 Å². The zero-order chi connectivity index (χ0) is 12.3. The van der Waals surface area contributed by atoms with Crippen LogP contribution in [-0.4, -0.2) is 14.9 Å². The van der Waals surface area contributed by atoms with E-state index in [1.165, 1.54) is 0 Å². The first-order valence-corrected chi connectivity index (χ1v) is 5.78. The highest BCUT2D eigenvalue weighted by atomic mass is 16.3. The Balaban J connectivity index is 2.34. The second-order valence-corrected chi connectivity index (χ2v) is 4.01. The maximum atomic E-state index is 10.3. The van der Waals surface area contributed by atoms with Gasteiger partial charge in [-0.15, -0.1) is 0 Å². The highest BCUT2D eigenvalue weighted by molar-refractivity contribution is 5.49. The van der Waals surface area contributed by atoms with Gasteiger partial charge in [0.15, 0.2) is 0 Å². The van der Waals surface area contributed by atoms with Crippen LogP contribution in [0.4, 0.5) is 5.69 Å². The third kappa shape index (κ3) is 2.31. The van der Waals surface area contributed by atoms with E-state index in [2.05, 4.69) is 12.0 Å². The molecule has 2 aromatic rings. The molecule has 0 saturated carbocycles. The molecule has 2 rings (SSSR count). The first kappa shape index (κ1) is 11.7. The highest BCUT2D eigenvalue weighted by Crippen LogP contribution is 2.26. The van der Waals surface area contributed by atoms with E-state index in [1.807, 2.05) is 28.9 Å². The van der Waals surface area contributed by atoms with Gasteiger partial charge in [-0.3, -0.25) is 4.68 Å². The quantitative estimate of drug-likeness (QED) is 0.790. The van der Waals surface area contributed by atoms with Gasteiger partial charge in [-0.1, -0.05) is 25.1 Å². The number of nitrogens with zero attached hydrogens (tertiary/aromatic N) is 2. The lowest BCUT2D eigenvalue weighted by atomic mass is 10.0. The fourth-order valence-corrected chi connectivity index (χ4v) is 1.89. The van der Waals surface area contributed by atoms with E-state index < -0.39 is 6.10 Å². The maximum Gasteiger partial charge on any atom is 0.123 e. The molecule has 1 aromatic carbocycles. The molecule has 0 aliphatic rings. The first-order valence-electron chi connectivity index (χ1n) is 5.78. The topological polar surface area (TPSA) is 64.1 Å². The first-order chi connectivity index (χ1) is 8.24. The number of aryl methyl sites for hydroxylation is 1. The number of benzene rings is 1. The van der Waals surface area contributed by atoms with Crippen molar-refractivity contribution in [3.63, 3.8) is 0 Å². The summed E-state index contributed by atoms with van der Waals surface area (Å²) in [6.45, 7) is 2.88. The normalized spacial score (nSPS) is 12.6. The Bertz CT molecular complexity index is 493. The van der Waals surface area contributed by atoms with E-state index in [4.69, 9.17) is 5.73 Å². The summed E-state index contributed by atoms with van der Waals surface area (Å²) in [4.78, 5) is 0. The van der Waals surface area contributed by atoms with Crippen molar-refractivity contribution in [3.8, 4) is 0 Å². The molecule has 0 spiro atoms. The van der Waals surface area contributed by atoms with E-state index in [1.54, 1.807) is 12.3 Å². The molecule has 1 aromatic heterocycles. The Morgan fingerprint density at radius 2 is 2.12 bits per heavy atom. The predicted octanol–water partition coefficient (Wildman–Crippen LogP) is 1.96. The number of aliphatic hydroxyl groups is 1. The highest BCUT2D eigenvalue weighted by Gasteiger charge is 2.16. The van der Waals surface area contributed by atoms with Crippen LogP contribution in [0.1, 0.15) is 30.7 Å². The number of aliphatic hydroxyl groups excluding tert-OH is 1. The molecular formula is C13H17N3O. The molecule has 0 radical (unpaired) electrons. The zero-order valence-electron chi connectivity index (χ0n) is 9.87. The monoisotopic (exact) mass is 231 g/mol. The molecule has 0 fully saturated rings. The molecule has 90 valence electrons. The Morgan fingerprint density at radius 1 is 1.35 bits per heavy atom. The number of para-hydroxylation sites is 1. The maximum absolute atomic E-state index is 10.3. The van der Waals surface area contributed by atoms with Gasteiger partial charge in [0, 0.05) is 24.0 Å². The number of rotatable bonds is 4. The largest absolute Gasteiger partial charge is 0.398 e. The standard InChI is InChI=1S/C13H17N3O/c1-2-9-16-12(7-8-15-16)13(17)10-5-3-4-6-11(10)14/h3-8,13,17H,2,9,14H2,1H3. The lowest BCUT2D eigenvalue weighted by molar-refractivity contribution is 0.208. The van der Waals surface area contributed by atoms with E-state index in [0.717, 1.165) is 24.2 Å². The fourth-order valence-electron chi connectivity index (χ4n) is 1.89. The number of hydrogen-bond donors (Lipinski definition) is 2. The Labute approximate surface area is 101 Å². The molecule has 1 heterocycles. The van der Waals surface area contributed by atoms with Crippen LogP contribution in [-0.2, 0) is 6.54 Å². The third-order valence-electron chi connectivity index (χ3n) is 2.76. The van der Waals surface area contributed by atoms with Crippen molar-refractivity contribution >= 4 is 5.69 Å². The van der Waals surface area contributed by atoms with Crippen molar-refractivity contribution in [2.45, 2.75) is 26.0 Å². The van der Waals surface area contributed by atoms with Gasteiger partial charge in [-0.05, 0) is 18.6 Å². The van der Waals surface area contributed by atoms with Crippen LogP contribution in [0.25, 0.3) is 0 Å². The van der Waals surface area contributed by atoms with Crippen LogP contribution in [0.5, 0.6) is 0 Å². The Kier molecular flexibility index (Phi) is 3.44. The molecular weight excluding hydrogens is 214 g/mol. The second-order valence-electron chi connectivity index (χ2n) is 4.01. The summed E-state index contributed by atoms with van der Waals surface area (Å²) >= 11 is 0. The third-order valence-corrected chi connectivity index (χ3v) is 2.76. The minimum absolute atomic E-state index is 0.601. The summed E-state index contributed by atoms with van der Waals surface area (Å²) in [5, 5.41) is 14.5. The minimum atomic E-state index is -0.717. The van der Waals surface area contributed by atoms with Gasteiger partial charge in [-0.2, -0.15) is 5.10 Å². The number of aromatic nitrogens is 2. The number of anilines is 1. The summed E-state index contributed by atoms with van der Waals surface area (Å²) < 4.78 is 1.82. The average Bonchev–Trinajstić information content (AvgIpc) is 2.78. The van der Waals surface area contributed by atoms with Crippen LogP contribution in [0.15, 0.2) is 36.5 Å². The van der Waals surface area contributed by atoms with Gasteiger partial charge >= 0.3 is 0 Å². The van der Waals surface area contributed by atoms with Crippen molar-refractivity contribution in [2.75, 3.05) is 5.73 Å². The molecule has 1 unspecified atom stereocenters. The molecule has 3 N–H and O–H groups in total. The van der Waals surface area contributed by atoms with Gasteiger partial charge in [0.25, 0.3) is 0 Å². The van der Waals surface area contributed by atoms with Crippen LogP contribution in [0, 0.1) is 0 Å². The minimum Gasteiger partial charge on any atom is -0.398 e. The predicted molar refractivity (Wildman–Crippen MR) is 67.4 cm³/mol. The van der Waals surface area contributed by atoms with Gasteiger partial charge in [-0.25, -0.2) is 0 Å². The van der Waals surface area contributed by atoms with Crippen LogP contribution < -0.4 is 5.73 Å². The summed E-state index contributed by atoms with van der Waals surface area (Å²) in [5.41, 5.74) is 7.97. The number of hydrogen-bond acceptors (Lipinski definition) is 3. The molecule has 1 atom stereocenters. The summed E-state index contributed by atoms with van der Waals surface area (Å²) in [5.74, 6) is 0. The molecule has 0 bridgehead atoms. The van der Waals surface area contributed by atoms with E-state index in [0.29, 0.717) is 5.69 Å². The molecule has 0 saturated heterocycles. The van der Waals surface area contributed by atoms with Gasteiger partial charge in [0.2, 0.25) is 0 Å². The summed E-state index contributed by atoms with van der Waals surface area (Å²) in [7, 11) is 0.